The van der Waals surface area contributed by atoms with Crippen molar-refractivity contribution < 1.29 is 32.9 Å². The van der Waals surface area contributed by atoms with Crippen molar-refractivity contribution in [3.63, 3.8) is 0 Å². The second-order valence-corrected chi connectivity index (χ2v) is 23.8. The molecule has 0 aromatic rings. The molecular weight excluding hydrogens is 984 g/mol. The molecule has 0 fully saturated rings. The molecule has 0 aliphatic rings. The lowest BCUT2D eigenvalue weighted by molar-refractivity contribution is -0.870. The molecule has 448 valence electrons. The number of amides is 1. The smallest absolute Gasteiger partial charge is 0.387 e. The van der Waals surface area contributed by atoms with Crippen LogP contribution in [0.3, 0.4) is 0 Å². The quantitative estimate of drug-likeness (QED) is 0.0243. The third-order valence-electron chi connectivity index (χ3n) is 13.7. The van der Waals surface area contributed by atoms with Gasteiger partial charge in [0.2, 0.25) is 5.91 Å². The van der Waals surface area contributed by atoms with Crippen molar-refractivity contribution in [1.29, 1.82) is 0 Å². The Balaban J connectivity index is 4.27. The van der Waals surface area contributed by atoms with Crippen molar-refractivity contribution in [1.82, 2.24) is 5.32 Å². The topological polar surface area (TPSA) is 105 Å². The first kappa shape index (κ1) is 74.9. The highest BCUT2D eigenvalue weighted by Crippen LogP contribution is 2.43. The Kier molecular flexibility index (Phi) is 56.2. The zero-order valence-corrected chi connectivity index (χ0v) is 52.0. The minimum atomic E-state index is -4.37. The van der Waals surface area contributed by atoms with Crippen molar-refractivity contribution in [3.05, 3.63) is 122 Å². The maximum atomic E-state index is 13.0. The van der Waals surface area contributed by atoms with Gasteiger partial charge >= 0.3 is 7.82 Å². The van der Waals surface area contributed by atoms with Crippen LogP contribution in [0.2, 0.25) is 0 Å². The zero-order chi connectivity index (χ0) is 57.0. The van der Waals surface area contributed by atoms with Crippen LogP contribution in [-0.4, -0.2) is 73.4 Å². The predicted molar refractivity (Wildman–Crippen MR) is 341 cm³/mol. The highest BCUT2D eigenvalue weighted by molar-refractivity contribution is 7.47. The summed E-state index contributed by atoms with van der Waals surface area (Å²) in [6.45, 7) is 4.68. The number of hydrogen-bond donors (Lipinski definition) is 3. The molecule has 0 aromatic heterocycles. The molecular formula is C69H122N2O6P+. The van der Waals surface area contributed by atoms with Gasteiger partial charge in [-0.1, -0.05) is 277 Å². The number of aliphatic hydroxyl groups excluding tert-OH is 1. The van der Waals surface area contributed by atoms with E-state index in [0.717, 1.165) is 109 Å². The number of aliphatic hydroxyl groups is 1. The SMILES string of the molecule is CC/C=C\C/C=C\C/C=C\C/C=C\C/C=C\C/C=C\C/C=C\C/C=C\CCCCCCCCC(=O)NC(COP(=O)(O)OCC[N+](C)(C)C)C(O)/C=C/CC/C=C/CCCCCCCCCCCCCCCCCCCCC. The lowest BCUT2D eigenvalue weighted by Crippen LogP contribution is -2.45. The lowest BCUT2D eigenvalue weighted by atomic mass is 10.0. The molecule has 0 aromatic carbocycles. The van der Waals surface area contributed by atoms with Gasteiger partial charge < -0.3 is 19.8 Å². The van der Waals surface area contributed by atoms with Crippen LogP contribution in [0.25, 0.3) is 0 Å². The highest BCUT2D eigenvalue weighted by atomic mass is 31.2. The summed E-state index contributed by atoms with van der Waals surface area (Å²) in [5.74, 6) is -0.205. The van der Waals surface area contributed by atoms with Crippen molar-refractivity contribution >= 4 is 13.7 Å². The first-order valence-electron chi connectivity index (χ1n) is 31.9. The van der Waals surface area contributed by atoms with Gasteiger partial charge in [0.1, 0.15) is 13.2 Å². The molecule has 0 spiro atoms. The predicted octanol–water partition coefficient (Wildman–Crippen LogP) is 20.1. The van der Waals surface area contributed by atoms with Crippen LogP contribution in [-0.2, 0) is 18.4 Å². The number of rotatable bonds is 57. The summed E-state index contributed by atoms with van der Waals surface area (Å²) in [5, 5.41) is 13.9. The molecule has 0 heterocycles. The lowest BCUT2D eigenvalue weighted by Gasteiger charge is -2.25. The number of allylic oxidation sites excluding steroid dienone is 19. The molecule has 3 atom stereocenters. The minimum absolute atomic E-state index is 0.0466. The highest BCUT2D eigenvalue weighted by Gasteiger charge is 2.27. The Hall–Kier alpha value is -3.10. The van der Waals surface area contributed by atoms with Gasteiger partial charge in [0.25, 0.3) is 0 Å². The fourth-order valence-electron chi connectivity index (χ4n) is 8.72. The van der Waals surface area contributed by atoms with Gasteiger partial charge in [0.05, 0.1) is 39.9 Å². The van der Waals surface area contributed by atoms with Gasteiger partial charge in [-0.15, -0.1) is 0 Å². The largest absolute Gasteiger partial charge is 0.472 e. The van der Waals surface area contributed by atoms with E-state index in [2.05, 4.69) is 129 Å². The van der Waals surface area contributed by atoms with Gasteiger partial charge in [-0.25, -0.2) is 4.57 Å². The summed E-state index contributed by atoms with van der Waals surface area (Å²) < 4.78 is 23.7. The summed E-state index contributed by atoms with van der Waals surface area (Å²) in [4.78, 5) is 23.4. The van der Waals surface area contributed by atoms with E-state index in [-0.39, 0.29) is 19.1 Å². The molecule has 3 N–H and O–H groups in total. The van der Waals surface area contributed by atoms with Crippen molar-refractivity contribution in [2.45, 2.75) is 270 Å². The third kappa shape index (κ3) is 60.5. The number of phosphoric ester groups is 1. The van der Waals surface area contributed by atoms with Gasteiger partial charge in [-0.05, 0) is 96.3 Å². The van der Waals surface area contributed by atoms with Crippen molar-refractivity contribution in [2.24, 2.45) is 0 Å². The monoisotopic (exact) mass is 1110 g/mol. The van der Waals surface area contributed by atoms with Crippen LogP contribution >= 0.6 is 7.82 Å². The summed E-state index contributed by atoms with van der Waals surface area (Å²) in [6, 6.07) is -0.882. The zero-order valence-electron chi connectivity index (χ0n) is 51.1. The number of phosphoric acid groups is 1. The van der Waals surface area contributed by atoms with Crippen LogP contribution in [0.1, 0.15) is 258 Å². The van der Waals surface area contributed by atoms with E-state index in [0.29, 0.717) is 17.4 Å². The van der Waals surface area contributed by atoms with Crippen LogP contribution < -0.4 is 5.32 Å². The van der Waals surface area contributed by atoms with Crippen molar-refractivity contribution in [3.8, 4) is 0 Å². The maximum absolute atomic E-state index is 13.0. The number of carbonyl (C=O) groups excluding carboxylic acids is 1. The van der Waals surface area contributed by atoms with Gasteiger partial charge in [0.15, 0.2) is 0 Å². The minimum Gasteiger partial charge on any atom is -0.387 e. The number of nitrogens with zero attached hydrogens (tertiary/aromatic N) is 1. The molecule has 1 amide bonds. The van der Waals surface area contributed by atoms with Gasteiger partial charge in [0, 0.05) is 6.42 Å². The molecule has 0 aliphatic carbocycles. The molecule has 3 unspecified atom stereocenters. The Morgan fingerprint density at radius 1 is 0.449 bits per heavy atom. The summed E-state index contributed by atoms with van der Waals surface area (Å²) in [6.07, 6.45) is 87.5. The fourth-order valence-corrected chi connectivity index (χ4v) is 9.46. The van der Waals surface area contributed by atoms with Crippen LogP contribution in [0.15, 0.2) is 122 Å². The molecule has 0 aliphatic heterocycles. The van der Waals surface area contributed by atoms with E-state index in [1.807, 2.05) is 27.2 Å². The molecule has 0 rings (SSSR count). The summed E-state index contributed by atoms with van der Waals surface area (Å²) in [7, 11) is 1.53. The Morgan fingerprint density at radius 3 is 1.18 bits per heavy atom. The van der Waals surface area contributed by atoms with Crippen LogP contribution in [0, 0.1) is 0 Å². The Morgan fingerprint density at radius 2 is 0.782 bits per heavy atom. The molecule has 0 saturated heterocycles. The average molecular weight is 1110 g/mol. The first-order chi connectivity index (χ1) is 38.0. The van der Waals surface area contributed by atoms with Gasteiger partial charge in [-0.2, -0.15) is 0 Å². The average Bonchev–Trinajstić information content (AvgIpc) is 3.41. The van der Waals surface area contributed by atoms with Gasteiger partial charge in [-0.3, -0.25) is 13.8 Å². The maximum Gasteiger partial charge on any atom is 0.472 e. The number of hydrogen-bond acceptors (Lipinski definition) is 5. The molecule has 8 nitrogen and oxygen atoms in total. The van der Waals surface area contributed by atoms with E-state index in [9.17, 15) is 19.4 Å². The Bertz CT molecular complexity index is 1680. The van der Waals surface area contributed by atoms with Crippen LogP contribution in [0.5, 0.6) is 0 Å². The van der Waals surface area contributed by atoms with E-state index in [1.54, 1.807) is 6.08 Å². The molecule has 0 saturated carbocycles. The Labute approximate surface area is 482 Å². The molecule has 0 bridgehead atoms. The van der Waals surface area contributed by atoms with Crippen molar-refractivity contribution in [2.75, 3.05) is 40.9 Å². The summed E-state index contributed by atoms with van der Waals surface area (Å²) in [5.41, 5.74) is 0. The number of nitrogens with one attached hydrogen (secondary N) is 1. The normalized spacial score (nSPS) is 14.6. The number of unbranched alkanes of at least 4 members (excludes halogenated alkanes) is 26. The molecule has 0 radical (unpaired) electrons. The summed E-state index contributed by atoms with van der Waals surface area (Å²) >= 11 is 0. The molecule has 78 heavy (non-hydrogen) atoms. The van der Waals surface area contributed by atoms with Crippen LogP contribution in [0.4, 0.5) is 0 Å². The van der Waals surface area contributed by atoms with E-state index < -0.39 is 20.0 Å². The molecule has 9 heteroatoms. The number of carbonyl (C=O) groups is 1. The first-order valence-corrected chi connectivity index (χ1v) is 33.4. The standard InChI is InChI=1S/C69H121N2O6P/c1-6-8-10-12-14-16-18-20-22-24-26-28-30-32-33-34-35-36-37-39-41-43-45-47-49-51-53-55-57-59-61-63-69(73)70-67(66-77-78(74,75)76-65-64-71(3,4)5)68(72)62-60-58-56-54-52-50-48-46-44-42-40-38-31-29-27-25-23-21-19-17-15-13-11-9-7-2/h8,10,14,16,20,22,26,28,32-33,35-36,39,41,45,47,52,54,60,62,67-68,72H,6-7,9,11-13,15,17-19,21,23-25,27,29-31,34,37-38,40,42-44,46,48-51,53,55-59,61,63-66H2,1-5H3,(H-,70,73,74,75)/p+1/b10-8-,16-14-,22-20-,28-26-,33-32-,36-35-,41-39-,47-45-,54-52+,62-60+. The number of quaternary nitrogens is 1. The third-order valence-corrected chi connectivity index (χ3v) is 14.6. The number of likely N-dealkylation sites (N-methyl/N-ethyl adjacent to an activating group) is 1. The second-order valence-electron chi connectivity index (χ2n) is 22.4. The second kappa shape index (κ2) is 58.6. The fraction of sp³-hybridized carbons (Fsp3) is 0.696. The van der Waals surface area contributed by atoms with E-state index in [1.165, 1.54) is 128 Å². The van der Waals surface area contributed by atoms with E-state index >= 15 is 0 Å². The van der Waals surface area contributed by atoms with E-state index in [4.69, 9.17) is 9.05 Å².